The van der Waals surface area contributed by atoms with Crippen LogP contribution in [-0.2, 0) is 10.0 Å². The summed E-state index contributed by atoms with van der Waals surface area (Å²) < 4.78 is 35.8. The normalized spacial score (nSPS) is 12.9. The van der Waals surface area contributed by atoms with Crippen molar-refractivity contribution >= 4 is 20.9 Å². The summed E-state index contributed by atoms with van der Waals surface area (Å²) in [6.45, 7) is 4.85. The summed E-state index contributed by atoms with van der Waals surface area (Å²) in [5.74, 6) is 1.14. The molecule has 1 aromatic heterocycles. The molecule has 0 amide bonds. The summed E-state index contributed by atoms with van der Waals surface area (Å²) in [5.41, 5.74) is 0.922. The van der Waals surface area contributed by atoms with Gasteiger partial charge in [-0.3, -0.25) is 9.36 Å². The van der Waals surface area contributed by atoms with Crippen LogP contribution in [0.1, 0.15) is 64.2 Å². The number of hydrogen-bond acceptors (Lipinski definition) is 6. The van der Waals surface area contributed by atoms with Gasteiger partial charge in [-0.25, -0.2) is 13.4 Å². The first-order chi connectivity index (χ1) is 18.2. The molecule has 0 aliphatic rings. The van der Waals surface area contributed by atoms with Crippen molar-refractivity contribution in [3.05, 3.63) is 64.7 Å². The van der Waals surface area contributed by atoms with Crippen molar-refractivity contribution < 1.29 is 13.2 Å². The molecule has 1 heterocycles. The Kier molecular flexibility index (Phi) is 10.9. The minimum Gasteiger partial charge on any atom is -0.497 e. The fraction of sp³-hybridized carbons (Fsp3) is 0.517. The molecule has 0 fully saturated rings. The number of ether oxygens (including phenoxy) is 1. The van der Waals surface area contributed by atoms with Gasteiger partial charge in [-0.2, -0.15) is 4.31 Å². The quantitative estimate of drug-likeness (QED) is 0.251. The van der Waals surface area contributed by atoms with E-state index in [1.54, 1.807) is 49.6 Å². The molecule has 0 spiro atoms. The van der Waals surface area contributed by atoms with Gasteiger partial charge in [-0.1, -0.05) is 51.2 Å². The molecule has 9 heteroatoms. The summed E-state index contributed by atoms with van der Waals surface area (Å²) in [4.78, 5) is 20.6. The van der Waals surface area contributed by atoms with Gasteiger partial charge < -0.3 is 9.64 Å². The molecule has 0 aliphatic heterocycles. The van der Waals surface area contributed by atoms with E-state index in [0.29, 0.717) is 47.7 Å². The maximum atomic E-state index is 13.8. The number of sulfonamides is 1. The molecule has 0 aliphatic carbocycles. The second kappa shape index (κ2) is 13.9. The first kappa shape index (κ1) is 29.8. The average Bonchev–Trinajstić information content (AvgIpc) is 2.90. The molecule has 38 heavy (non-hydrogen) atoms. The number of nitrogens with zero attached hydrogens (tertiary/aromatic N) is 4. The minimum atomic E-state index is -3.60. The summed E-state index contributed by atoms with van der Waals surface area (Å²) in [6.07, 6.45) is 6.01. The lowest BCUT2D eigenvalue weighted by Gasteiger charge is -2.30. The van der Waals surface area contributed by atoms with Crippen molar-refractivity contribution in [2.75, 3.05) is 40.0 Å². The average molecular weight is 543 g/mol. The number of para-hydroxylation sites is 1. The van der Waals surface area contributed by atoms with Crippen LogP contribution < -0.4 is 10.3 Å². The molecule has 2 aromatic carbocycles. The van der Waals surface area contributed by atoms with Crippen molar-refractivity contribution in [2.24, 2.45) is 0 Å². The molecule has 0 bridgehead atoms. The van der Waals surface area contributed by atoms with E-state index in [4.69, 9.17) is 9.72 Å². The van der Waals surface area contributed by atoms with Crippen LogP contribution in [0.3, 0.4) is 0 Å². The largest absolute Gasteiger partial charge is 0.497 e. The van der Waals surface area contributed by atoms with E-state index < -0.39 is 16.1 Å². The predicted octanol–water partition coefficient (Wildman–Crippen LogP) is 5.01. The number of rotatable bonds is 15. The van der Waals surface area contributed by atoms with Gasteiger partial charge in [-0.15, -0.1) is 0 Å². The Bertz CT molecular complexity index is 1340. The molecule has 0 saturated heterocycles. The monoisotopic (exact) mass is 542 g/mol. The Balaban J connectivity index is 2.05. The Morgan fingerprint density at radius 1 is 0.947 bits per heavy atom. The second-order valence-electron chi connectivity index (χ2n) is 10.00. The van der Waals surface area contributed by atoms with E-state index in [1.807, 2.05) is 32.0 Å². The summed E-state index contributed by atoms with van der Waals surface area (Å²) in [6, 6.07) is 13.7. The second-order valence-corrected chi connectivity index (χ2v) is 12.0. The number of benzene rings is 2. The predicted molar refractivity (Wildman–Crippen MR) is 155 cm³/mol. The molecule has 0 radical (unpaired) electrons. The van der Waals surface area contributed by atoms with Crippen LogP contribution in [0, 0.1) is 0 Å². The fourth-order valence-electron chi connectivity index (χ4n) is 4.59. The SMILES string of the molecule is CCCCCCCCS(=O)(=O)N(CCN(C)C)C(C)c1nc2ccccc2c(=O)n1-c1ccc(OC)cc1. The third kappa shape index (κ3) is 7.42. The molecule has 208 valence electrons. The number of unbranched alkanes of at least 4 members (excludes halogenated alkanes) is 5. The zero-order valence-corrected chi connectivity index (χ0v) is 24.2. The van der Waals surface area contributed by atoms with Crippen LogP contribution >= 0.6 is 0 Å². The van der Waals surface area contributed by atoms with Gasteiger partial charge >= 0.3 is 0 Å². The van der Waals surface area contributed by atoms with Crippen molar-refractivity contribution in [1.82, 2.24) is 18.8 Å². The minimum absolute atomic E-state index is 0.0806. The molecule has 3 rings (SSSR count). The van der Waals surface area contributed by atoms with Crippen molar-refractivity contribution in [3.63, 3.8) is 0 Å². The first-order valence-electron chi connectivity index (χ1n) is 13.5. The van der Waals surface area contributed by atoms with Gasteiger partial charge in [0.25, 0.3) is 5.56 Å². The fourth-order valence-corrected chi connectivity index (χ4v) is 6.33. The first-order valence-corrected chi connectivity index (χ1v) is 15.1. The van der Waals surface area contributed by atoms with E-state index >= 15 is 0 Å². The van der Waals surface area contributed by atoms with Crippen molar-refractivity contribution in [2.45, 2.75) is 58.4 Å². The standard InChI is InChI=1S/C29H42N4O4S/c1-6-7-8-9-10-13-22-38(35,36)32(21-20-31(3)4)23(2)28-30-27-15-12-11-14-26(27)29(34)33(28)24-16-18-25(37-5)19-17-24/h11-12,14-19,23H,6-10,13,20-22H2,1-5H3. The molecular weight excluding hydrogens is 500 g/mol. The van der Waals surface area contributed by atoms with Gasteiger partial charge in [0, 0.05) is 13.1 Å². The lowest BCUT2D eigenvalue weighted by Crippen LogP contribution is -2.41. The van der Waals surface area contributed by atoms with E-state index in [-0.39, 0.29) is 11.3 Å². The zero-order valence-electron chi connectivity index (χ0n) is 23.4. The molecule has 1 unspecified atom stereocenters. The highest BCUT2D eigenvalue weighted by molar-refractivity contribution is 7.89. The maximum Gasteiger partial charge on any atom is 0.266 e. The summed E-state index contributed by atoms with van der Waals surface area (Å²) in [5, 5.41) is 0.481. The maximum absolute atomic E-state index is 13.8. The molecular formula is C29H42N4O4S. The van der Waals surface area contributed by atoms with Gasteiger partial charge in [0.05, 0.1) is 35.5 Å². The Labute approximate surface area is 227 Å². The van der Waals surface area contributed by atoms with Crippen LogP contribution in [0.5, 0.6) is 5.75 Å². The highest BCUT2D eigenvalue weighted by Crippen LogP contribution is 2.26. The third-order valence-corrected chi connectivity index (χ3v) is 8.84. The van der Waals surface area contributed by atoms with Crippen LogP contribution in [0.4, 0.5) is 0 Å². The Morgan fingerprint density at radius 3 is 2.26 bits per heavy atom. The van der Waals surface area contributed by atoms with Gasteiger partial charge in [-0.05, 0) is 63.8 Å². The highest BCUT2D eigenvalue weighted by atomic mass is 32.2. The smallest absolute Gasteiger partial charge is 0.266 e. The number of likely N-dealkylation sites (N-methyl/N-ethyl adjacent to an activating group) is 1. The lowest BCUT2D eigenvalue weighted by atomic mass is 10.1. The van der Waals surface area contributed by atoms with Crippen molar-refractivity contribution in [1.29, 1.82) is 0 Å². The van der Waals surface area contributed by atoms with Crippen LogP contribution in [0.15, 0.2) is 53.3 Å². The molecule has 0 N–H and O–H groups in total. The molecule has 1 atom stereocenters. The number of aromatic nitrogens is 2. The van der Waals surface area contributed by atoms with Gasteiger partial charge in [0.15, 0.2) is 0 Å². The van der Waals surface area contributed by atoms with Crippen LogP contribution in [0.2, 0.25) is 0 Å². The zero-order chi connectivity index (χ0) is 27.7. The third-order valence-electron chi connectivity index (χ3n) is 6.82. The van der Waals surface area contributed by atoms with Crippen molar-refractivity contribution in [3.8, 4) is 11.4 Å². The molecule has 3 aromatic rings. The summed E-state index contributed by atoms with van der Waals surface area (Å²) in [7, 11) is 1.83. The highest BCUT2D eigenvalue weighted by Gasteiger charge is 2.31. The number of fused-ring (bicyclic) bond motifs is 1. The van der Waals surface area contributed by atoms with Crippen LogP contribution in [-0.4, -0.2) is 67.2 Å². The van der Waals surface area contributed by atoms with Crippen LogP contribution in [0.25, 0.3) is 16.6 Å². The number of hydrogen-bond donors (Lipinski definition) is 0. The summed E-state index contributed by atoms with van der Waals surface area (Å²) >= 11 is 0. The topological polar surface area (TPSA) is 84.7 Å². The van der Waals surface area contributed by atoms with Gasteiger partial charge in [0.2, 0.25) is 10.0 Å². The lowest BCUT2D eigenvalue weighted by molar-refractivity contribution is 0.284. The van der Waals surface area contributed by atoms with E-state index in [1.165, 1.54) is 15.3 Å². The number of methoxy groups -OCH3 is 1. The van der Waals surface area contributed by atoms with E-state index in [0.717, 1.165) is 25.7 Å². The van der Waals surface area contributed by atoms with Gasteiger partial charge in [0.1, 0.15) is 11.6 Å². The Morgan fingerprint density at radius 2 is 1.61 bits per heavy atom. The molecule has 0 saturated carbocycles. The Hall–Kier alpha value is -2.75. The molecule has 8 nitrogen and oxygen atoms in total. The van der Waals surface area contributed by atoms with E-state index in [2.05, 4.69) is 6.92 Å². The van der Waals surface area contributed by atoms with E-state index in [9.17, 15) is 13.2 Å².